The molecule has 0 aliphatic carbocycles. The highest BCUT2D eigenvalue weighted by Crippen LogP contribution is 2.22. The van der Waals surface area contributed by atoms with Crippen LogP contribution in [0.15, 0.2) is 18.6 Å². The minimum absolute atomic E-state index is 0.0656. The van der Waals surface area contributed by atoms with Crippen LogP contribution >= 0.6 is 0 Å². The number of hydrogen-bond acceptors (Lipinski definition) is 6. The SMILES string of the molecule is [C-]#[N+]CCN1C[C@@H](F)C[C@H]1CNc1nc(Nc2cnn(C)c2)ncc1C. The molecule has 0 spiro atoms. The summed E-state index contributed by atoms with van der Waals surface area (Å²) in [6.07, 6.45) is 4.94. The summed E-state index contributed by atoms with van der Waals surface area (Å²) in [5.41, 5.74) is 1.73. The largest absolute Gasteiger partial charge is 0.368 e. The molecule has 2 N–H and O–H groups in total. The van der Waals surface area contributed by atoms with Crippen molar-refractivity contribution in [2.45, 2.75) is 25.6 Å². The number of nitrogens with zero attached hydrogens (tertiary/aromatic N) is 6. The quantitative estimate of drug-likeness (QED) is 0.738. The van der Waals surface area contributed by atoms with E-state index in [1.54, 1.807) is 17.1 Å². The van der Waals surface area contributed by atoms with Crippen molar-refractivity contribution >= 4 is 17.5 Å². The van der Waals surface area contributed by atoms with Crippen molar-refractivity contribution in [3.8, 4) is 0 Å². The summed E-state index contributed by atoms with van der Waals surface area (Å²) in [4.78, 5) is 14.2. The summed E-state index contributed by atoms with van der Waals surface area (Å²) >= 11 is 0. The van der Waals surface area contributed by atoms with Crippen LogP contribution in [0.5, 0.6) is 0 Å². The predicted octanol–water partition coefficient (Wildman–Crippen LogP) is 2.01. The Balaban J connectivity index is 1.63. The lowest BCUT2D eigenvalue weighted by Gasteiger charge is -2.22. The lowest BCUT2D eigenvalue weighted by Crippen LogP contribution is -2.36. The van der Waals surface area contributed by atoms with Crippen LogP contribution in [-0.2, 0) is 7.05 Å². The number of anilines is 3. The van der Waals surface area contributed by atoms with Gasteiger partial charge in [0.05, 0.1) is 18.4 Å². The fraction of sp³-hybridized carbons (Fsp3) is 0.529. The third kappa shape index (κ3) is 4.46. The van der Waals surface area contributed by atoms with E-state index in [4.69, 9.17) is 6.57 Å². The number of aromatic nitrogens is 4. The molecule has 1 fully saturated rings. The van der Waals surface area contributed by atoms with Gasteiger partial charge >= 0.3 is 0 Å². The van der Waals surface area contributed by atoms with E-state index in [-0.39, 0.29) is 6.04 Å². The van der Waals surface area contributed by atoms with Gasteiger partial charge in [0.2, 0.25) is 12.5 Å². The Morgan fingerprint density at radius 2 is 2.27 bits per heavy atom. The van der Waals surface area contributed by atoms with Gasteiger partial charge in [-0.25, -0.2) is 15.9 Å². The molecular weight excluding hydrogens is 335 g/mol. The fourth-order valence-corrected chi connectivity index (χ4v) is 3.10. The van der Waals surface area contributed by atoms with Crippen LogP contribution in [0.2, 0.25) is 0 Å². The normalized spacial score (nSPS) is 20.1. The molecule has 3 heterocycles. The van der Waals surface area contributed by atoms with E-state index < -0.39 is 6.17 Å². The first-order valence-corrected chi connectivity index (χ1v) is 8.59. The highest BCUT2D eigenvalue weighted by atomic mass is 19.1. The molecule has 1 aliphatic rings. The molecule has 2 aromatic heterocycles. The van der Waals surface area contributed by atoms with Crippen molar-refractivity contribution in [3.05, 3.63) is 35.6 Å². The molecule has 26 heavy (non-hydrogen) atoms. The monoisotopic (exact) mass is 358 g/mol. The number of nitrogens with one attached hydrogen (secondary N) is 2. The third-order valence-corrected chi connectivity index (χ3v) is 4.41. The molecule has 9 heteroatoms. The van der Waals surface area contributed by atoms with E-state index in [0.29, 0.717) is 38.5 Å². The second kappa shape index (κ2) is 8.10. The Kier molecular flexibility index (Phi) is 5.63. The maximum absolute atomic E-state index is 13.8. The molecule has 0 amide bonds. The van der Waals surface area contributed by atoms with Crippen LogP contribution in [-0.4, -0.2) is 63.0 Å². The van der Waals surface area contributed by atoms with Crippen LogP contribution in [0, 0.1) is 13.5 Å². The highest BCUT2D eigenvalue weighted by molar-refractivity contribution is 5.54. The van der Waals surface area contributed by atoms with Gasteiger partial charge in [0.25, 0.3) is 0 Å². The molecule has 1 aliphatic heterocycles. The molecule has 0 bridgehead atoms. The first-order chi connectivity index (χ1) is 12.5. The summed E-state index contributed by atoms with van der Waals surface area (Å²) in [5, 5.41) is 10.5. The number of aryl methyl sites for hydroxylation is 2. The molecular formula is C17H23FN8. The molecule has 2 atom stereocenters. The predicted molar refractivity (Wildman–Crippen MR) is 98.1 cm³/mol. The third-order valence-electron chi connectivity index (χ3n) is 4.41. The molecule has 138 valence electrons. The molecule has 3 rings (SSSR count). The topological polar surface area (TPSA) is 75.3 Å². The minimum atomic E-state index is -0.832. The Bertz CT molecular complexity index is 783. The number of likely N-dealkylation sites (tertiary alicyclic amines) is 1. The van der Waals surface area contributed by atoms with E-state index in [0.717, 1.165) is 17.1 Å². The minimum Gasteiger partial charge on any atom is -0.368 e. The molecule has 0 unspecified atom stereocenters. The van der Waals surface area contributed by atoms with Gasteiger partial charge in [-0.1, -0.05) is 0 Å². The van der Waals surface area contributed by atoms with E-state index in [1.165, 1.54) is 0 Å². The number of halogens is 1. The van der Waals surface area contributed by atoms with Crippen molar-refractivity contribution in [1.82, 2.24) is 24.6 Å². The van der Waals surface area contributed by atoms with Gasteiger partial charge in [0, 0.05) is 44.1 Å². The fourth-order valence-electron chi connectivity index (χ4n) is 3.10. The first-order valence-electron chi connectivity index (χ1n) is 8.59. The van der Waals surface area contributed by atoms with E-state index in [9.17, 15) is 4.39 Å². The number of hydrogen-bond donors (Lipinski definition) is 2. The zero-order valence-electron chi connectivity index (χ0n) is 15.0. The Labute approximate surface area is 152 Å². The Morgan fingerprint density at radius 1 is 1.42 bits per heavy atom. The van der Waals surface area contributed by atoms with Crippen LogP contribution in [0.3, 0.4) is 0 Å². The first kappa shape index (κ1) is 18.1. The molecule has 0 aromatic carbocycles. The van der Waals surface area contributed by atoms with Crippen molar-refractivity contribution in [3.63, 3.8) is 0 Å². The summed E-state index contributed by atoms with van der Waals surface area (Å²) < 4.78 is 15.5. The lowest BCUT2D eigenvalue weighted by atomic mass is 10.2. The van der Waals surface area contributed by atoms with Gasteiger partial charge in [-0.05, 0) is 13.3 Å². The standard InChI is InChI=1S/C17H23FN8/c1-12-7-21-17(23-14-8-22-25(3)11-14)24-16(12)20-9-15-6-13(18)10-26(15)5-4-19-2/h7-8,11,13,15H,4-6,9-10H2,1,3H3,(H2,20,21,23,24)/t13-,15-/m0/s1. The second-order valence-corrected chi connectivity index (χ2v) is 6.50. The number of rotatable bonds is 7. The molecule has 2 aromatic rings. The van der Waals surface area contributed by atoms with Crippen LogP contribution < -0.4 is 10.6 Å². The van der Waals surface area contributed by atoms with E-state index >= 15 is 0 Å². The zero-order valence-corrected chi connectivity index (χ0v) is 15.0. The molecule has 1 saturated heterocycles. The van der Waals surface area contributed by atoms with Crippen molar-refractivity contribution in [2.75, 3.05) is 36.8 Å². The summed E-state index contributed by atoms with van der Waals surface area (Å²) in [6, 6.07) is 0.0656. The van der Waals surface area contributed by atoms with Gasteiger partial charge in [-0.2, -0.15) is 10.1 Å². The molecule has 8 nitrogen and oxygen atoms in total. The van der Waals surface area contributed by atoms with E-state index in [2.05, 4.69) is 30.5 Å². The Hall–Kier alpha value is -2.73. The second-order valence-electron chi connectivity index (χ2n) is 6.50. The van der Waals surface area contributed by atoms with Gasteiger partial charge < -0.3 is 15.5 Å². The van der Waals surface area contributed by atoms with Crippen molar-refractivity contribution < 1.29 is 4.39 Å². The van der Waals surface area contributed by atoms with Crippen molar-refractivity contribution in [1.29, 1.82) is 0 Å². The molecule has 0 radical (unpaired) electrons. The smallest absolute Gasteiger partial charge is 0.229 e. The maximum atomic E-state index is 13.8. The van der Waals surface area contributed by atoms with Crippen LogP contribution in [0.25, 0.3) is 4.85 Å². The van der Waals surface area contributed by atoms with Crippen LogP contribution in [0.4, 0.5) is 21.8 Å². The average molecular weight is 358 g/mol. The van der Waals surface area contributed by atoms with Gasteiger partial charge in [0.1, 0.15) is 12.0 Å². The van der Waals surface area contributed by atoms with Crippen molar-refractivity contribution in [2.24, 2.45) is 7.05 Å². The lowest BCUT2D eigenvalue weighted by molar-refractivity contribution is 0.260. The van der Waals surface area contributed by atoms with Gasteiger partial charge in [0.15, 0.2) is 0 Å². The molecule has 0 saturated carbocycles. The van der Waals surface area contributed by atoms with E-state index in [1.807, 2.05) is 25.1 Å². The van der Waals surface area contributed by atoms with Gasteiger partial charge in [-0.15, -0.1) is 0 Å². The Morgan fingerprint density at radius 3 is 3.00 bits per heavy atom. The van der Waals surface area contributed by atoms with Crippen LogP contribution in [0.1, 0.15) is 12.0 Å². The maximum Gasteiger partial charge on any atom is 0.229 e. The highest BCUT2D eigenvalue weighted by Gasteiger charge is 2.32. The summed E-state index contributed by atoms with van der Waals surface area (Å²) in [5.74, 6) is 1.20. The zero-order chi connectivity index (χ0) is 18.5. The summed E-state index contributed by atoms with van der Waals surface area (Å²) in [6.45, 7) is 10.8. The average Bonchev–Trinajstić information content (AvgIpc) is 3.18. The van der Waals surface area contributed by atoms with Gasteiger partial charge in [-0.3, -0.25) is 9.58 Å². The summed E-state index contributed by atoms with van der Waals surface area (Å²) in [7, 11) is 1.84. The number of alkyl halides is 1.